The lowest BCUT2D eigenvalue weighted by Crippen LogP contribution is -2.39. The summed E-state index contributed by atoms with van der Waals surface area (Å²) in [6, 6.07) is 5.89. The molecule has 3 atom stereocenters. The number of hydrogen-bond acceptors (Lipinski definition) is 1. The molecule has 1 aromatic rings. The number of nitrogens with one attached hydrogen (secondary N) is 1. The van der Waals surface area contributed by atoms with Crippen molar-refractivity contribution in [1.29, 1.82) is 0 Å². The third kappa shape index (κ3) is 3.79. The molecule has 1 aromatic carbocycles. The van der Waals surface area contributed by atoms with Gasteiger partial charge in [0.05, 0.1) is 4.47 Å². The smallest absolute Gasteiger partial charge is 0.137 e. The van der Waals surface area contributed by atoms with E-state index in [4.69, 9.17) is 0 Å². The van der Waals surface area contributed by atoms with Gasteiger partial charge in [-0.3, -0.25) is 0 Å². The van der Waals surface area contributed by atoms with Crippen molar-refractivity contribution in [3.8, 4) is 0 Å². The first-order valence-corrected chi connectivity index (χ1v) is 8.08. The molecule has 1 fully saturated rings. The summed E-state index contributed by atoms with van der Waals surface area (Å²) < 4.78 is 13.9. The van der Waals surface area contributed by atoms with Gasteiger partial charge >= 0.3 is 0 Å². The first-order valence-electron chi connectivity index (χ1n) is 7.29. The van der Waals surface area contributed by atoms with E-state index in [2.05, 4.69) is 35.1 Å². The SMILES string of the molecule is CCNC(Cc1ccc(F)c(Br)c1)C1CCCC1C. The lowest BCUT2D eigenvalue weighted by atomic mass is 9.86. The highest BCUT2D eigenvalue weighted by atomic mass is 79.9. The Morgan fingerprint density at radius 2 is 2.21 bits per heavy atom. The van der Waals surface area contributed by atoms with Crippen molar-refractivity contribution in [1.82, 2.24) is 5.32 Å². The van der Waals surface area contributed by atoms with E-state index in [1.54, 1.807) is 6.07 Å². The fourth-order valence-electron chi connectivity index (χ4n) is 3.33. The first kappa shape index (κ1) is 15.0. The van der Waals surface area contributed by atoms with E-state index in [0.29, 0.717) is 10.5 Å². The summed E-state index contributed by atoms with van der Waals surface area (Å²) >= 11 is 3.27. The largest absolute Gasteiger partial charge is 0.314 e. The fraction of sp³-hybridized carbons (Fsp3) is 0.625. The monoisotopic (exact) mass is 327 g/mol. The van der Waals surface area contributed by atoms with E-state index in [-0.39, 0.29) is 5.82 Å². The van der Waals surface area contributed by atoms with Crippen LogP contribution in [0.5, 0.6) is 0 Å². The average molecular weight is 328 g/mol. The Kier molecular flexibility index (Phi) is 5.40. The van der Waals surface area contributed by atoms with Crippen LogP contribution in [0.15, 0.2) is 22.7 Å². The van der Waals surface area contributed by atoms with Gasteiger partial charge in [0.25, 0.3) is 0 Å². The molecule has 3 heteroatoms. The Bertz CT molecular complexity index is 421. The van der Waals surface area contributed by atoms with Gasteiger partial charge in [-0.15, -0.1) is 0 Å². The molecule has 0 saturated heterocycles. The van der Waals surface area contributed by atoms with Crippen LogP contribution in [-0.2, 0) is 6.42 Å². The van der Waals surface area contributed by atoms with Gasteiger partial charge in [-0.2, -0.15) is 0 Å². The zero-order valence-corrected chi connectivity index (χ0v) is 13.3. The molecule has 0 bridgehead atoms. The normalized spacial score (nSPS) is 24.6. The summed E-state index contributed by atoms with van der Waals surface area (Å²) in [5.74, 6) is 1.37. The summed E-state index contributed by atoms with van der Waals surface area (Å²) in [5, 5.41) is 3.63. The van der Waals surface area contributed by atoms with Crippen LogP contribution in [-0.4, -0.2) is 12.6 Å². The van der Waals surface area contributed by atoms with Gasteiger partial charge < -0.3 is 5.32 Å². The van der Waals surface area contributed by atoms with Crippen molar-refractivity contribution in [2.24, 2.45) is 11.8 Å². The highest BCUT2D eigenvalue weighted by Gasteiger charge is 2.30. The van der Waals surface area contributed by atoms with E-state index in [1.807, 2.05) is 12.1 Å². The van der Waals surface area contributed by atoms with Crippen LogP contribution < -0.4 is 5.32 Å². The topological polar surface area (TPSA) is 12.0 Å². The minimum Gasteiger partial charge on any atom is -0.314 e. The maximum absolute atomic E-state index is 13.3. The molecule has 0 spiro atoms. The Morgan fingerprint density at radius 1 is 1.42 bits per heavy atom. The minimum absolute atomic E-state index is 0.182. The van der Waals surface area contributed by atoms with Gasteiger partial charge in [0.2, 0.25) is 0 Å². The number of benzene rings is 1. The van der Waals surface area contributed by atoms with Crippen LogP contribution in [0.4, 0.5) is 4.39 Å². The summed E-state index contributed by atoms with van der Waals surface area (Å²) in [6.07, 6.45) is 5.00. The number of likely N-dealkylation sites (N-methyl/N-ethyl adjacent to an activating group) is 1. The van der Waals surface area contributed by atoms with Crippen molar-refractivity contribution in [3.05, 3.63) is 34.1 Å². The van der Waals surface area contributed by atoms with Crippen LogP contribution >= 0.6 is 15.9 Å². The predicted octanol–water partition coefficient (Wildman–Crippen LogP) is 4.55. The molecular weight excluding hydrogens is 305 g/mol. The molecule has 0 radical (unpaired) electrons. The molecule has 0 amide bonds. The molecule has 1 saturated carbocycles. The molecule has 2 rings (SSSR count). The fourth-order valence-corrected chi connectivity index (χ4v) is 3.76. The van der Waals surface area contributed by atoms with E-state index >= 15 is 0 Å². The van der Waals surface area contributed by atoms with Crippen LogP contribution in [0.2, 0.25) is 0 Å². The second kappa shape index (κ2) is 6.85. The standard InChI is InChI=1S/C16H23BrFN/c1-3-19-16(13-6-4-5-11(13)2)10-12-7-8-15(18)14(17)9-12/h7-9,11,13,16,19H,3-6,10H2,1-2H3. The molecule has 0 aromatic heterocycles. The molecule has 1 aliphatic rings. The Labute approximate surface area is 124 Å². The quantitative estimate of drug-likeness (QED) is 0.836. The van der Waals surface area contributed by atoms with Crippen molar-refractivity contribution in [2.75, 3.05) is 6.54 Å². The molecule has 1 nitrogen and oxygen atoms in total. The molecule has 1 N–H and O–H groups in total. The summed E-state index contributed by atoms with van der Waals surface area (Å²) in [7, 11) is 0. The molecular formula is C16H23BrFN. The van der Waals surface area contributed by atoms with Crippen molar-refractivity contribution in [3.63, 3.8) is 0 Å². The lowest BCUT2D eigenvalue weighted by Gasteiger charge is -2.28. The van der Waals surface area contributed by atoms with Gasteiger partial charge in [-0.1, -0.05) is 32.8 Å². The van der Waals surface area contributed by atoms with Gasteiger partial charge in [0.1, 0.15) is 5.82 Å². The van der Waals surface area contributed by atoms with Gasteiger partial charge in [0.15, 0.2) is 0 Å². The molecule has 3 unspecified atom stereocenters. The van der Waals surface area contributed by atoms with Gasteiger partial charge in [-0.05, 0) is 64.8 Å². The predicted molar refractivity (Wildman–Crippen MR) is 81.8 cm³/mol. The van der Waals surface area contributed by atoms with Crippen LogP contribution in [0.1, 0.15) is 38.7 Å². The zero-order valence-electron chi connectivity index (χ0n) is 11.8. The van der Waals surface area contributed by atoms with E-state index in [9.17, 15) is 4.39 Å². The average Bonchev–Trinajstić information content (AvgIpc) is 2.79. The van der Waals surface area contributed by atoms with Crippen LogP contribution in [0.3, 0.4) is 0 Å². The maximum Gasteiger partial charge on any atom is 0.137 e. The third-order valence-electron chi connectivity index (χ3n) is 4.35. The molecule has 106 valence electrons. The second-order valence-electron chi connectivity index (χ2n) is 5.69. The van der Waals surface area contributed by atoms with Crippen molar-refractivity contribution >= 4 is 15.9 Å². The number of rotatable bonds is 5. The summed E-state index contributed by atoms with van der Waals surface area (Å²) in [5.41, 5.74) is 1.21. The molecule has 1 aliphatic carbocycles. The second-order valence-corrected chi connectivity index (χ2v) is 6.54. The van der Waals surface area contributed by atoms with E-state index < -0.39 is 0 Å². The summed E-state index contributed by atoms with van der Waals surface area (Å²) in [6.45, 7) is 5.52. The van der Waals surface area contributed by atoms with Crippen molar-refractivity contribution < 1.29 is 4.39 Å². The van der Waals surface area contributed by atoms with Gasteiger partial charge in [-0.25, -0.2) is 4.39 Å². The van der Waals surface area contributed by atoms with Gasteiger partial charge in [0, 0.05) is 6.04 Å². The Morgan fingerprint density at radius 3 is 2.79 bits per heavy atom. The Balaban J connectivity index is 2.09. The maximum atomic E-state index is 13.3. The van der Waals surface area contributed by atoms with E-state index in [1.165, 1.54) is 24.8 Å². The first-order chi connectivity index (χ1) is 9.11. The molecule has 0 heterocycles. The van der Waals surface area contributed by atoms with Crippen LogP contribution in [0.25, 0.3) is 0 Å². The summed E-state index contributed by atoms with van der Waals surface area (Å²) in [4.78, 5) is 0. The van der Waals surface area contributed by atoms with Crippen LogP contribution in [0, 0.1) is 17.7 Å². The third-order valence-corrected chi connectivity index (χ3v) is 4.96. The Hall–Kier alpha value is -0.410. The zero-order chi connectivity index (χ0) is 13.8. The minimum atomic E-state index is -0.182. The number of hydrogen-bond donors (Lipinski definition) is 1. The highest BCUT2D eigenvalue weighted by Crippen LogP contribution is 2.35. The molecule has 19 heavy (non-hydrogen) atoms. The van der Waals surface area contributed by atoms with Crippen molar-refractivity contribution in [2.45, 2.75) is 45.6 Å². The number of halogens is 2. The highest BCUT2D eigenvalue weighted by molar-refractivity contribution is 9.10. The lowest BCUT2D eigenvalue weighted by molar-refractivity contribution is 0.298. The molecule has 0 aliphatic heterocycles. The van der Waals surface area contributed by atoms with E-state index in [0.717, 1.165) is 24.8 Å².